The summed E-state index contributed by atoms with van der Waals surface area (Å²) in [7, 11) is 0. The van der Waals surface area contributed by atoms with Crippen LogP contribution < -0.4 is 21.7 Å². The highest BCUT2D eigenvalue weighted by molar-refractivity contribution is 6.07. The van der Waals surface area contributed by atoms with Gasteiger partial charge in [-0.25, -0.2) is 9.78 Å². The second-order valence-corrected chi connectivity index (χ2v) is 9.67. The molecule has 11 nitrogen and oxygen atoms in total. The number of rotatable bonds is 8. The first-order valence-electron chi connectivity index (χ1n) is 12.1. The second kappa shape index (κ2) is 10.7. The predicted octanol–water partition coefficient (Wildman–Crippen LogP) is 4.14. The van der Waals surface area contributed by atoms with Gasteiger partial charge in [0.25, 0.3) is 5.91 Å². The van der Waals surface area contributed by atoms with Crippen molar-refractivity contribution in [2.75, 3.05) is 29.5 Å². The molecule has 2 aromatic heterocycles. The van der Waals surface area contributed by atoms with E-state index >= 15 is 0 Å². The van der Waals surface area contributed by atoms with Crippen molar-refractivity contribution in [1.82, 2.24) is 24.9 Å². The van der Waals surface area contributed by atoms with Gasteiger partial charge in [0.05, 0.1) is 22.4 Å². The fourth-order valence-electron chi connectivity index (χ4n) is 3.80. The van der Waals surface area contributed by atoms with Crippen molar-refractivity contribution in [3.05, 3.63) is 53.9 Å². The van der Waals surface area contributed by atoms with Crippen molar-refractivity contribution in [3.8, 4) is 0 Å². The number of aryl methyl sites for hydroxylation is 1. The van der Waals surface area contributed by atoms with Crippen LogP contribution in [0.4, 0.5) is 22.0 Å². The maximum atomic E-state index is 12.9. The first kappa shape index (κ1) is 25.7. The summed E-state index contributed by atoms with van der Waals surface area (Å²) in [5.74, 6) is 0.994. The fraction of sp³-hybridized carbons (Fsp3) is 0.346. The van der Waals surface area contributed by atoms with Crippen LogP contribution in [0.5, 0.6) is 0 Å². The number of nitrogens with two attached hydrogens (primary N) is 1. The number of carbonyl (C=O) groups is 2. The van der Waals surface area contributed by atoms with E-state index in [2.05, 4.69) is 26.1 Å². The molecule has 2 heterocycles. The van der Waals surface area contributed by atoms with Crippen LogP contribution >= 0.6 is 0 Å². The molecule has 194 valence electrons. The molecule has 0 aliphatic carbocycles. The minimum Gasteiger partial charge on any atom is -0.444 e. The highest BCUT2D eigenvalue weighted by atomic mass is 16.6. The molecule has 0 unspecified atom stereocenters. The Bertz CT molecular complexity index is 1440. The maximum Gasteiger partial charge on any atom is 0.407 e. The quantitative estimate of drug-likeness (QED) is 0.207. The van der Waals surface area contributed by atoms with Gasteiger partial charge < -0.3 is 26.4 Å². The average Bonchev–Trinajstić information content (AvgIpc) is 3.23. The number of benzene rings is 2. The summed E-state index contributed by atoms with van der Waals surface area (Å²) in [5, 5.41) is 17.4. The molecule has 0 aliphatic rings. The molecule has 0 saturated heterocycles. The van der Waals surface area contributed by atoms with E-state index in [1.54, 1.807) is 24.3 Å². The normalized spacial score (nSPS) is 11.5. The molecule has 0 radical (unpaired) electrons. The summed E-state index contributed by atoms with van der Waals surface area (Å²) in [5.41, 5.74) is 8.95. The van der Waals surface area contributed by atoms with Gasteiger partial charge in [0, 0.05) is 18.7 Å². The molecule has 0 atom stereocenters. The summed E-state index contributed by atoms with van der Waals surface area (Å²) in [6.07, 6.45) is 1.12. The maximum absolute atomic E-state index is 12.9. The Morgan fingerprint density at radius 1 is 1.05 bits per heavy atom. The summed E-state index contributed by atoms with van der Waals surface area (Å²) in [6.45, 7) is 8.47. The van der Waals surface area contributed by atoms with Gasteiger partial charge in [-0.05, 0) is 70.9 Å². The molecule has 4 aromatic rings. The zero-order chi connectivity index (χ0) is 26.6. The number of nitrogens with zero attached hydrogens (tertiary/aromatic N) is 4. The molecule has 0 fully saturated rings. The molecule has 0 aliphatic heterocycles. The number of ether oxygens (including phenoxy) is 1. The van der Waals surface area contributed by atoms with Crippen molar-refractivity contribution in [3.63, 3.8) is 0 Å². The molecular weight excluding hydrogens is 472 g/mol. The van der Waals surface area contributed by atoms with E-state index in [-0.39, 0.29) is 5.91 Å². The van der Waals surface area contributed by atoms with Gasteiger partial charge in [-0.3, -0.25) is 9.20 Å². The number of hydrogen-bond acceptors (Lipinski definition) is 8. The minimum absolute atomic E-state index is 0.283. The molecule has 0 saturated carbocycles. The topological polar surface area (TPSA) is 149 Å². The number of anilines is 3. The van der Waals surface area contributed by atoms with Gasteiger partial charge in [0.1, 0.15) is 11.4 Å². The van der Waals surface area contributed by atoms with E-state index in [0.29, 0.717) is 52.8 Å². The third-order valence-electron chi connectivity index (χ3n) is 5.52. The van der Waals surface area contributed by atoms with E-state index in [9.17, 15) is 9.59 Å². The lowest BCUT2D eigenvalue weighted by Gasteiger charge is -2.19. The van der Waals surface area contributed by atoms with Gasteiger partial charge >= 0.3 is 6.09 Å². The van der Waals surface area contributed by atoms with Gasteiger partial charge in [0.15, 0.2) is 5.82 Å². The van der Waals surface area contributed by atoms with Crippen LogP contribution in [0.2, 0.25) is 0 Å². The van der Waals surface area contributed by atoms with Gasteiger partial charge in [0.2, 0.25) is 5.65 Å². The number of alkyl carbamates (subject to hydrolysis) is 1. The Morgan fingerprint density at radius 2 is 1.81 bits per heavy atom. The van der Waals surface area contributed by atoms with Crippen LogP contribution in [0.3, 0.4) is 0 Å². The molecule has 4 rings (SSSR count). The van der Waals surface area contributed by atoms with E-state index in [4.69, 9.17) is 15.5 Å². The Morgan fingerprint density at radius 3 is 2.57 bits per heavy atom. The Balaban J connectivity index is 1.46. The number of amides is 2. The number of fused-ring (bicyclic) bond motifs is 3. The van der Waals surface area contributed by atoms with Crippen molar-refractivity contribution in [2.24, 2.45) is 0 Å². The molecule has 2 amide bonds. The van der Waals surface area contributed by atoms with Crippen LogP contribution in [0.15, 0.2) is 42.5 Å². The highest BCUT2D eigenvalue weighted by Crippen LogP contribution is 2.24. The van der Waals surface area contributed by atoms with Crippen LogP contribution in [0, 0.1) is 6.92 Å². The lowest BCUT2D eigenvalue weighted by Crippen LogP contribution is -2.33. The number of unbranched alkanes of at least 4 members (excludes halogenated alkanes) is 1. The van der Waals surface area contributed by atoms with E-state index in [0.717, 1.165) is 18.4 Å². The third kappa shape index (κ3) is 6.24. The van der Waals surface area contributed by atoms with Crippen LogP contribution in [-0.2, 0) is 4.74 Å². The van der Waals surface area contributed by atoms with Gasteiger partial charge in [-0.1, -0.05) is 12.1 Å². The lowest BCUT2D eigenvalue weighted by atomic mass is 10.1. The number of nitrogens with one attached hydrogen (secondary N) is 3. The summed E-state index contributed by atoms with van der Waals surface area (Å²) < 4.78 is 7.15. The SMILES string of the molecule is Cc1nnc2c(NCCCCNC(=O)OC(C)(C)C)nc3cc(C(=O)Nc4ccccc4N)ccc3n12. The molecule has 5 N–H and O–H groups in total. The lowest BCUT2D eigenvalue weighted by molar-refractivity contribution is 0.0527. The van der Waals surface area contributed by atoms with E-state index in [1.165, 1.54) is 0 Å². The fourth-order valence-corrected chi connectivity index (χ4v) is 3.80. The zero-order valence-corrected chi connectivity index (χ0v) is 21.5. The number of hydrogen-bond donors (Lipinski definition) is 4. The van der Waals surface area contributed by atoms with Crippen molar-refractivity contribution in [2.45, 2.75) is 46.1 Å². The minimum atomic E-state index is -0.523. The van der Waals surface area contributed by atoms with Crippen LogP contribution in [0.1, 0.15) is 49.8 Å². The van der Waals surface area contributed by atoms with Crippen molar-refractivity contribution >= 4 is 45.9 Å². The Hall–Kier alpha value is -4.41. The molecule has 37 heavy (non-hydrogen) atoms. The van der Waals surface area contributed by atoms with E-state index in [1.807, 2.05) is 50.3 Å². The highest BCUT2D eigenvalue weighted by Gasteiger charge is 2.17. The molecule has 0 spiro atoms. The predicted molar refractivity (Wildman–Crippen MR) is 144 cm³/mol. The van der Waals surface area contributed by atoms with Crippen LogP contribution in [-0.4, -0.2) is 50.3 Å². The number of carbonyl (C=O) groups excluding carboxylic acids is 2. The third-order valence-corrected chi connectivity index (χ3v) is 5.52. The van der Waals surface area contributed by atoms with Gasteiger partial charge in [-0.2, -0.15) is 0 Å². The van der Waals surface area contributed by atoms with Crippen LogP contribution in [0.25, 0.3) is 16.7 Å². The Labute approximate surface area is 214 Å². The van der Waals surface area contributed by atoms with E-state index < -0.39 is 11.7 Å². The standard InChI is InChI=1S/C26H32N8O3/c1-16-32-33-23-22(28-13-7-8-14-29-25(36)37-26(2,3)4)30-20-15-17(11-12-21(20)34(16)23)24(35)31-19-10-6-5-9-18(19)27/h5-6,9-12,15H,7-8,13-14,27H2,1-4H3,(H,28,30)(H,29,36)(H,31,35). The van der Waals surface area contributed by atoms with Gasteiger partial charge in [-0.15, -0.1) is 10.2 Å². The summed E-state index contributed by atoms with van der Waals surface area (Å²) in [4.78, 5) is 29.4. The number of aromatic nitrogens is 4. The summed E-state index contributed by atoms with van der Waals surface area (Å²) in [6, 6.07) is 12.4. The molecule has 2 aromatic carbocycles. The molecule has 11 heteroatoms. The summed E-state index contributed by atoms with van der Waals surface area (Å²) >= 11 is 0. The monoisotopic (exact) mass is 504 g/mol. The Kier molecular flexibility index (Phi) is 7.42. The molecule has 0 bridgehead atoms. The zero-order valence-electron chi connectivity index (χ0n) is 21.5. The largest absolute Gasteiger partial charge is 0.444 e. The van der Waals surface area contributed by atoms with Crippen molar-refractivity contribution < 1.29 is 14.3 Å². The first-order chi connectivity index (χ1) is 17.6. The number of nitrogen functional groups attached to an aromatic ring is 1. The first-order valence-corrected chi connectivity index (χ1v) is 12.1. The average molecular weight is 505 g/mol. The number of para-hydroxylation sites is 2. The molecular formula is C26H32N8O3. The van der Waals surface area contributed by atoms with Crippen molar-refractivity contribution in [1.29, 1.82) is 0 Å². The smallest absolute Gasteiger partial charge is 0.407 e. The second-order valence-electron chi connectivity index (χ2n) is 9.67.